The fraction of sp³-hybridized carbons (Fsp3) is 0.312. The number of hydrogen-bond acceptors (Lipinski definition) is 3. The summed E-state index contributed by atoms with van der Waals surface area (Å²) in [7, 11) is 0. The number of benzene rings is 1. The van der Waals surface area contributed by atoms with Gasteiger partial charge in [-0.15, -0.1) is 0 Å². The van der Waals surface area contributed by atoms with E-state index in [1.807, 2.05) is 12.4 Å². The molecule has 0 aliphatic rings. The standard InChI is InChI=1S/C16H21N3/c1-4-18-15-9-16(11-17-10-15)19-13(3)14-7-5-12(2)6-8-14/h5-11,13,18-19H,4H2,1-3H3. The van der Waals surface area contributed by atoms with Crippen LogP contribution >= 0.6 is 0 Å². The molecule has 1 aromatic heterocycles. The Morgan fingerprint density at radius 1 is 1.11 bits per heavy atom. The normalized spacial score (nSPS) is 11.9. The van der Waals surface area contributed by atoms with Crippen LogP contribution in [-0.4, -0.2) is 11.5 Å². The van der Waals surface area contributed by atoms with Gasteiger partial charge in [0.05, 0.1) is 23.8 Å². The fourth-order valence-corrected chi connectivity index (χ4v) is 2.01. The summed E-state index contributed by atoms with van der Waals surface area (Å²) in [6.45, 7) is 7.24. The van der Waals surface area contributed by atoms with Crippen LogP contribution in [0.15, 0.2) is 42.7 Å². The van der Waals surface area contributed by atoms with Crippen molar-refractivity contribution in [3.05, 3.63) is 53.9 Å². The summed E-state index contributed by atoms with van der Waals surface area (Å²) in [5.74, 6) is 0. The van der Waals surface area contributed by atoms with Crippen molar-refractivity contribution in [1.29, 1.82) is 0 Å². The molecule has 2 aromatic rings. The number of aryl methyl sites for hydroxylation is 1. The van der Waals surface area contributed by atoms with Crippen molar-refractivity contribution in [2.24, 2.45) is 0 Å². The fourth-order valence-electron chi connectivity index (χ4n) is 2.01. The van der Waals surface area contributed by atoms with Crippen LogP contribution < -0.4 is 10.6 Å². The minimum absolute atomic E-state index is 0.263. The van der Waals surface area contributed by atoms with Gasteiger partial charge in [0.2, 0.25) is 0 Å². The summed E-state index contributed by atoms with van der Waals surface area (Å²) in [6.07, 6.45) is 3.69. The molecule has 0 fully saturated rings. The van der Waals surface area contributed by atoms with E-state index in [-0.39, 0.29) is 6.04 Å². The molecule has 19 heavy (non-hydrogen) atoms. The van der Waals surface area contributed by atoms with Gasteiger partial charge in [0.25, 0.3) is 0 Å². The molecule has 1 heterocycles. The van der Waals surface area contributed by atoms with Gasteiger partial charge in [-0.1, -0.05) is 29.8 Å². The summed E-state index contributed by atoms with van der Waals surface area (Å²) in [4.78, 5) is 4.24. The SMILES string of the molecule is CCNc1cncc(NC(C)c2ccc(C)cc2)c1. The summed E-state index contributed by atoms with van der Waals surface area (Å²) < 4.78 is 0. The van der Waals surface area contributed by atoms with Crippen molar-refractivity contribution in [2.45, 2.75) is 26.8 Å². The van der Waals surface area contributed by atoms with E-state index in [9.17, 15) is 0 Å². The van der Waals surface area contributed by atoms with Gasteiger partial charge in [0.15, 0.2) is 0 Å². The Morgan fingerprint density at radius 2 is 1.79 bits per heavy atom. The van der Waals surface area contributed by atoms with Crippen molar-refractivity contribution < 1.29 is 0 Å². The van der Waals surface area contributed by atoms with Crippen molar-refractivity contribution in [3.8, 4) is 0 Å². The number of hydrogen-bond donors (Lipinski definition) is 2. The van der Waals surface area contributed by atoms with Crippen molar-refractivity contribution in [1.82, 2.24) is 4.98 Å². The van der Waals surface area contributed by atoms with E-state index >= 15 is 0 Å². The predicted octanol–water partition coefficient (Wildman–Crippen LogP) is 3.99. The molecular formula is C16H21N3. The highest BCUT2D eigenvalue weighted by Gasteiger charge is 2.05. The second kappa shape index (κ2) is 6.23. The first-order valence-corrected chi connectivity index (χ1v) is 6.71. The average molecular weight is 255 g/mol. The van der Waals surface area contributed by atoms with E-state index in [0.717, 1.165) is 17.9 Å². The van der Waals surface area contributed by atoms with Crippen molar-refractivity contribution >= 4 is 11.4 Å². The molecule has 1 unspecified atom stereocenters. The highest BCUT2D eigenvalue weighted by molar-refractivity contribution is 5.54. The van der Waals surface area contributed by atoms with Gasteiger partial charge >= 0.3 is 0 Å². The highest BCUT2D eigenvalue weighted by atomic mass is 14.9. The molecule has 3 heteroatoms. The molecule has 0 aliphatic carbocycles. The van der Waals surface area contributed by atoms with Crippen LogP contribution in [0, 0.1) is 6.92 Å². The first-order chi connectivity index (χ1) is 9.19. The average Bonchev–Trinajstić information content (AvgIpc) is 2.40. The lowest BCUT2D eigenvalue weighted by Crippen LogP contribution is -2.07. The van der Waals surface area contributed by atoms with Crippen LogP contribution in [-0.2, 0) is 0 Å². The minimum atomic E-state index is 0.263. The zero-order valence-corrected chi connectivity index (χ0v) is 11.8. The topological polar surface area (TPSA) is 37.0 Å². The summed E-state index contributed by atoms with van der Waals surface area (Å²) in [6, 6.07) is 10.9. The summed E-state index contributed by atoms with van der Waals surface area (Å²) >= 11 is 0. The lowest BCUT2D eigenvalue weighted by Gasteiger charge is -2.16. The number of rotatable bonds is 5. The predicted molar refractivity (Wildman–Crippen MR) is 81.6 cm³/mol. The second-order valence-corrected chi connectivity index (χ2v) is 4.77. The van der Waals surface area contributed by atoms with Gasteiger partial charge in [0.1, 0.15) is 0 Å². The molecule has 1 atom stereocenters. The second-order valence-electron chi connectivity index (χ2n) is 4.77. The molecule has 100 valence electrons. The van der Waals surface area contributed by atoms with E-state index < -0.39 is 0 Å². The molecule has 0 radical (unpaired) electrons. The minimum Gasteiger partial charge on any atom is -0.384 e. The number of pyridine rings is 1. The van der Waals surface area contributed by atoms with Crippen LogP contribution in [0.25, 0.3) is 0 Å². The highest BCUT2D eigenvalue weighted by Crippen LogP contribution is 2.21. The zero-order valence-electron chi connectivity index (χ0n) is 11.8. The third-order valence-electron chi connectivity index (χ3n) is 3.08. The van der Waals surface area contributed by atoms with Gasteiger partial charge in [-0.05, 0) is 32.4 Å². The Balaban J connectivity index is 2.07. The van der Waals surface area contributed by atoms with Crippen LogP contribution in [0.1, 0.15) is 31.0 Å². The third-order valence-corrected chi connectivity index (χ3v) is 3.08. The Morgan fingerprint density at radius 3 is 2.47 bits per heavy atom. The Labute approximate surface area is 115 Å². The molecule has 0 amide bonds. The summed E-state index contributed by atoms with van der Waals surface area (Å²) in [5.41, 5.74) is 4.64. The molecule has 2 rings (SSSR count). The van der Waals surface area contributed by atoms with Gasteiger partial charge in [-0.2, -0.15) is 0 Å². The van der Waals surface area contributed by atoms with Crippen LogP contribution in [0.2, 0.25) is 0 Å². The monoisotopic (exact) mass is 255 g/mol. The van der Waals surface area contributed by atoms with Crippen LogP contribution in [0.3, 0.4) is 0 Å². The maximum Gasteiger partial charge on any atom is 0.0552 e. The maximum atomic E-state index is 4.24. The number of nitrogens with one attached hydrogen (secondary N) is 2. The van der Waals surface area contributed by atoms with E-state index in [1.165, 1.54) is 11.1 Å². The first kappa shape index (κ1) is 13.4. The van der Waals surface area contributed by atoms with E-state index in [0.29, 0.717) is 0 Å². The van der Waals surface area contributed by atoms with E-state index in [4.69, 9.17) is 0 Å². The van der Waals surface area contributed by atoms with Crippen molar-refractivity contribution in [2.75, 3.05) is 17.2 Å². The van der Waals surface area contributed by atoms with Gasteiger partial charge < -0.3 is 10.6 Å². The van der Waals surface area contributed by atoms with Gasteiger partial charge in [-0.25, -0.2) is 0 Å². The maximum absolute atomic E-state index is 4.24. The van der Waals surface area contributed by atoms with Gasteiger partial charge in [-0.3, -0.25) is 4.98 Å². The Hall–Kier alpha value is -2.03. The molecule has 3 nitrogen and oxygen atoms in total. The van der Waals surface area contributed by atoms with E-state index in [1.54, 1.807) is 0 Å². The summed E-state index contributed by atoms with van der Waals surface area (Å²) in [5, 5.41) is 6.74. The number of nitrogens with zero attached hydrogens (tertiary/aromatic N) is 1. The smallest absolute Gasteiger partial charge is 0.0552 e. The lowest BCUT2D eigenvalue weighted by atomic mass is 10.1. The quantitative estimate of drug-likeness (QED) is 0.848. The number of aromatic nitrogens is 1. The lowest BCUT2D eigenvalue weighted by molar-refractivity contribution is 0.882. The van der Waals surface area contributed by atoms with Crippen LogP contribution in [0.5, 0.6) is 0 Å². The largest absolute Gasteiger partial charge is 0.384 e. The molecule has 1 aromatic carbocycles. The molecule has 0 spiro atoms. The molecular weight excluding hydrogens is 234 g/mol. The first-order valence-electron chi connectivity index (χ1n) is 6.71. The molecule has 0 bridgehead atoms. The van der Waals surface area contributed by atoms with E-state index in [2.05, 4.69) is 66.7 Å². The van der Waals surface area contributed by atoms with Crippen molar-refractivity contribution in [3.63, 3.8) is 0 Å². The zero-order chi connectivity index (χ0) is 13.7. The third kappa shape index (κ3) is 3.71. The molecule has 0 aliphatic heterocycles. The number of anilines is 2. The van der Waals surface area contributed by atoms with Crippen LogP contribution in [0.4, 0.5) is 11.4 Å². The van der Waals surface area contributed by atoms with Gasteiger partial charge in [0, 0.05) is 12.6 Å². The molecule has 2 N–H and O–H groups in total. The Bertz CT molecular complexity index is 520. The Kier molecular flexibility index (Phi) is 4.39. The molecule has 0 saturated carbocycles. The molecule has 0 saturated heterocycles.